The summed E-state index contributed by atoms with van der Waals surface area (Å²) in [5.41, 5.74) is -1.16. The maximum Gasteiger partial charge on any atom is 0.410 e. The molecule has 0 unspecified atom stereocenters. The summed E-state index contributed by atoms with van der Waals surface area (Å²) in [5, 5.41) is 6.58. The number of halogens is 1. The van der Waals surface area contributed by atoms with Gasteiger partial charge < -0.3 is 34.6 Å². The van der Waals surface area contributed by atoms with Crippen LogP contribution in [0.2, 0.25) is 5.02 Å². The van der Waals surface area contributed by atoms with Crippen LogP contribution in [0.25, 0.3) is 10.8 Å². The zero-order valence-corrected chi connectivity index (χ0v) is 37.7. The lowest BCUT2D eigenvalue weighted by Crippen LogP contribution is -2.50. The Balaban J connectivity index is 1.35. The van der Waals surface area contributed by atoms with Gasteiger partial charge in [-0.3, -0.25) is 14.4 Å². The van der Waals surface area contributed by atoms with Gasteiger partial charge in [0.25, 0.3) is 0 Å². The molecule has 0 radical (unpaired) electrons. The Labute approximate surface area is 360 Å². The summed E-state index contributed by atoms with van der Waals surface area (Å²) in [7, 11) is -4.29. The first-order valence-corrected chi connectivity index (χ1v) is 22.9. The summed E-state index contributed by atoms with van der Waals surface area (Å²) in [6.45, 7) is 14.1. The van der Waals surface area contributed by atoms with Crippen LogP contribution in [0.15, 0.2) is 41.3 Å². The van der Waals surface area contributed by atoms with E-state index in [0.29, 0.717) is 66.7 Å². The van der Waals surface area contributed by atoms with Crippen LogP contribution in [0.1, 0.15) is 99.8 Å². The standard InChI is InChI=1S/C43H64ClN5O10S/c1-8-57-39(52)35(47-60(55,56)36-18-17-34(44)32-11-9-10-12-33(32)36)27-45-37(50)28-46-38(51)31(15-13-29-19-23-48(24-20-29)40(53)58-42(2,3)4)16-14-30-21-25-49(26-22-30)41(54)59-43(5,6)7/h9-12,17-18,29-31,35,47H,8,13-16,19-28H2,1-7H3,(H,45,50)(H,46,51)/t35-/m0/s1. The number of benzene rings is 2. The number of esters is 1. The summed E-state index contributed by atoms with van der Waals surface area (Å²) in [6.07, 6.45) is 5.24. The van der Waals surface area contributed by atoms with E-state index in [-0.39, 0.29) is 42.1 Å². The number of carbonyl (C=O) groups excluding carboxylic acids is 5. The zero-order valence-electron chi connectivity index (χ0n) is 36.1. The number of hydrogen-bond acceptors (Lipinski definition) is 10. The van der Waals surface area contributed by atoms with E-state index in [2.05, 4.69) is 15.4 Å². The first-order chi connectivity index (χ1) is 28.2. The fourth-order valence-corrected chi connectivity index (χ4v) is 9.09. The highest BCUT2D eigenvalue weighted by Crippen LogP contribution is 2.31. The van der Waals surface area contributed by atoms with Crippen molar-refractivity contribution in [3.8, 4) is 0 Å². The Morgan fingerprint density at radius 2 is 1.27 bits per heavy atom. The van der Waals surface area contributed by atoms with Crippen molar-refractivity contribution in [2.45, 2.75) is 122 Å². The molecule has 15 nitrogen and oxygen atoms in total. The molecule has 60 heavy (non-hydrogen) atoms. The van der Waals surface area contributed by atoms with Crippen molar-refractivity contribution in [1.29, 1.82) is 0 Å². The molecule has 2 aromatic carbocycles. The molecule has 0 bridgehead atoms. The second-order valence-electron chi connectivity index (χ2n) is 17.7. The van der Waals surface area contributed by atoms with Crippen LogP contribution >= 0.6 is 11.6 Å². The van der Waals surface area contributed by atoms with E-state index in [1.807, 2.05) is 41.5 Å². The van der Waals surface area contributed by atoms with Crippen molar-refractivity contribution in [3.05, 3.63) is 41.4 Å². The van der Waals surface area contributed by atoms with Crippen LogP contribution in [0, 0.1) is 17.8 Å². The van der Waals surface area contributed by atoms with Crippen molar-refractivity contribution < 1.29 is 46.6 Å². The van der Waals surface area contributed by atoms with Gasteiger partial charge >= 0.3 is 18.2 Å². The van der Waals surface area contributed by atoms with Gasteiger partial charge in [-0.1, -0.05) is 35.9 Å². The monoisotopic (exact) mass is 877 g/mol. The highest BCUT2D eigenvalue weighted by molar-refractivity contribution is 7.89. The molecule has 2 heterocycles. The molecule has 1 atom stereocenters. The fourth-order valence-electron chi connectivity index (χ4n) is 7.47. The molecular weight excluding hydrogens is 814 g/mol. The van der Waals surface area contributed by atoms with Gasteiger partial charge in [0.05, 0.1) is 18.0 Å². The number of nitrogens with zero attached hydrogens (tertiary/aromatic N) is 2. The summed E-state index contributed by atoms with van der Waals surface area (Å²) in [6, 6.07) is 8.05. The lowest BCUT2D eigenvalue weighted by atomic mass is 9.84. The lowest BCUT2D eigenvalue weighted by Gasteiger charge is -2.34. The second-order valence-corrected chi connectivity index (χ2v) is 19.8. The van der Waals surface area contributed by atoms with Gasteiger partial charge in [0, 0.05) is 54.4 Å². The summed E-state index contributed by atoms with van der Waals surface area (Å²) in [4.78, 5) is 68.3. The largest absolute Gasteiger partial charge is 0.465 e. The third-order valence-corrected chi connectivity index (χ3v) is 12.5. The SMILES string of the molecule is CCOC(=O)[C@H](CNC(=O)CNC(=O)C(CCC1CCN(C(=O)OC(C)(C)C)CC1)CCC1CCN(C(=O)OC(C)(C)C)CC1)NS(=O)(=O)c1ccc(Cl)c2ccccc12. The maximum atomic E-state index is 13.7. The molecule has 0 spiro atoms. The molecule has 17 heteroatoms. The Morgan fingerprint density at radius 1 is 0.767 bits per heavy atom. The average molecular weight is 879 g/mol. The van der Waals surface area contributed by atoms with Crippen LogP contribution in [0.4, 0.5) is 9.59 Å². The Bertz CT molecular complexity index is 1860. The summed E-state index contributed by atoms with van der Waals surface area (Å²) in [5.74, 6) is -1.53. The predicted octanol–water partition coefficient (Wildman–Crippen LogP) is 6.41. The molecule has 2 fully saturated rings. The predicted molar refractivity (Wildman–Crippen MR) is 229 cm³/mol. The number of amides is 4. The quantitative estimate of drug-likeness (QED) is 0.126. The van der Waals surface area contributed by atoms with Crippen LogP contribution in [-0.2, 0) is 38.6 Å². The van der Waals surface area contributed by atoms with Crippen LogP contribution in [0.3, 0.4) is 0 Å². The molecular formula is C43H64ClN5O10S. The highest BCUT2D eigenvalue weighted by Gasteiger charge is 2.32. The number of likely N-dealkylation sites (tertiary alicyclic amines) is 2. The number of sulfonamides is 1. The minimum atomic E-state index is -4.29. The molecule has 4 amide bonds. The van der Waals surface area contributed by atoms with E-state index in [0.717, 1.165) is 38.5 Å². The van der Waals surface area contributed by atoms with Gasteiger partial charge in [0.2, 0.25) is 21.8 Å². The summed E-state index contributed by atoms with van der Waals surface area (Å²) >= 11 is 6.30. The van der Waals surface area contributed by atoms with Crippen LogP contribution < -0.4 is 15.4 Å². The maximum absolute atomic E-state index is 13.7. The molecule has 2 saturated heterocycles. The number of hydrogen-bond donors (Lipinski definition) is 3. The lowest BCUT2D eigenvalue weighted by molar-refractivity contribution is -0.145. The Morgan fingerprint density at radius 3 is 1.75 bits per heavy atom. The first kappa shape index (κ1) is 48.5. The number of carbonyl (C=O) groups is 5. The zero-order chi connectivity index (χ0) is 44.3. The molecule has 0 aromatic heterocycles. The van der Waals surface area contributed by atoms with E-state index >= 15 is 0 Å². The molecule has 334 valence electrons. The van der Waals surface area contributed by atoms with Crippen LogP contribution in [0.5, 0.6) is 0 Å². The van der Waals surface area contributed by atoms with Gasteiger partial charge in [-0.25, -0.2) is 18.0 Å². The Kier molecular flexibility index (Phi) is 17.5. The van der Waals surface area contributed by atoms with Crippen molar-refractivity contribution in [2.75, 3.05) is 45.9 Å². The normalized spacial score (nSPS) is 16.4. The Hall–Kier alpha value is -4.15. The van der Waals surface area contributed by atoms with E-state index in [1.54, 1.807) is 41.0 Å². The van der Waals surface area contributed by atoms with Gasteiger partial charge in [-0.15, -0.1) is 0 Å². The fraction of sp³-hybridized carbons (Fsp3) is 0.651. The first-order valence-electron chi connectivity index (χ1n) is 21.0. The third-order valence-electron chi connectivity index (χ3n) is 10.7. The smallest absolute Gasteiger partial charge is 0.410 e. The van der Waals surface area contributed by atoms with Gasteiger partial charge in [0.1, 0.15) is 17.2 Å². The molecule has 4 rings (SSSR count). The topological polar surface area (TPSA) is 190 Å². The summed E-state index contributed by atoms with van der Waals surface area (Å²) < 4.78 is 45.7. The average Bonchev–Trinajstić information content (AvgIpc) is 3.17. The van der Waals surface area contributed by atoms with Gasteiger partial charge in [-0.2, -0.15) is 4.72 Å². The number of fused-ring (bicyclic) bond motifs is 1. The highest BCUT2D eigenvalue weighted by atomic mass is 35.5. The van der Waals surface area contributed by atoms with Crippen LogP contribution in [-0.4, -0.2) is 111 Å². The minimum absolute atomic E-state index is 0.0158. The van der Waals surface area contributed by atoms with Crippen molar-refractivity contribution in [1.82, 2.24) is 25.2 Å². The number of piperidine rings is 2. The number of rotatable bonds is 16. The van der Waals surface area contributed by atoms with Crippen molar-refractivity contribution in [2.24, 2.45) is 17.8 Å². The van der Waals surface area contributed by atoms with E-state index in [9.17, 15) is 32.4 Å². The van der Waals surface area contributed by atoms with E-state index in [4.69, 9.17) is 25.8 Å². The molecule has 0 aliphatic carbocycles. The second kappa shape index (κ2) is 21.6. The minimum Gasteiger partial charge on any atom is -0.465 e. The molecule has 2 aliphatic heterocycles. The molecule has 2 aliphatic rings. The molecule has 0 saturated carbocycles. The number of ether oxygens (including phenoxy) is 3. The van der Waals surface area contributed by atoms with Gasteiger partial charge in [-0.05, 0) is 124 Å². The molecule has 3 N–H and O–H groups in total. The van der Waals surface area contributed by atoms with E-state index in [1.165, 1.54) is 12.1 Å². The van der Waals surface area contributed by atoms with Crippen molar-refractivity contribution >= 4 is 62.4 Å². The number of nitrogens with one attached hydrogen (secondary N) is 3. The molecule has 2 aromatic rings. The third kappa shape index (κ3) is 15.1. The van der Waals surface area contributed by atoms with Gasteiger partial charge in [0.15, 0.2) is 0 Å². The van der Waals surface area contributed by atoms with E-state index < -0.39 is 45.7 Å². The van der Waals surface area contributed by atoms with Crippen molar-refractivity contribution in [3.63, 3.8) is 0 Å².